The number of hydrogen-bond donors (Lipinski definition) is 0. The number of esters is 1. The number of hydrogen-bond acceptors (Lipinski definition) is 2. The molecule has 2 nitrogen and oxygen atoms in total. The number of ether oxygens (including phenoxy) is 1. The average Bonchev–Trinajstić information content (AvgIpc) is 2.25. The van der Waals surface area contributed by atoms with E-state index in [4.69, 9.17) is 4.74 Å². The summed E-state index contributed by atoms with van der Waals surface area (Å²) in [6.45, 7) is 4.04. The highest BCUT2D eigenvalue weighted by atomic mass is 127. The van der Waals surface area contributed by atoms with Crippen molar-refractivity contribution in [2.24, 2.45) is 0 Å². The maximum atomic E-state index is 11.4. The normalized spacial score (nSPS) is 29.9. The van der Waals surface area contributed by atoms with Gasteiger partial charge in [0.05, 0.1) is 10.3 Å². The van der Waals surface area contributed by atoms with Gasteiger partial charge in [-0.15, -0.1) is 0 Å². The molecule has 0 unspecified atom stereocenters. The number of carbonyl (C=O) groups excluding carboxylic acids is 1. The van der Waals surface area contributed by atoms with Crippen LogP contribution in [0.15, 0.2) is 24.3 Å². The number of alkyl halides is 1. The molecule has 1 aliphatic heterocycles. The SMILES string of the molecule is Cc1ccc([C@H]2CC(=O)O[C@@H](C)[C@@H]2I)cc1. The first kappa shape index (κ1) is 11.9. The summed E-state index contributed by atoms with van der Waals surface area (Å²) in [5.74, 6) is 0.212. The van der Waals surface area contributed by atoms with E-state index < -0.39 is 0 Å². The Bertz CT molecular complexity index is 385. The zero-order chi connectivity index (χ0) is 11.7. The predicted octanol–water partition coefficient (Wildman–Crippen LogP) is 3.22. The summed E-state index contributed by atoms with van der Waals surface area (Å²) < 4.78 is 5.59. The molecular formula is C13H15IO2. The molecule has 0 aliphatic carbocycles. The second-order valence-electron chi connectivity index (χ2n) is 4.36. The standard InChI is InChI=1S/C13H15IO2/c1-8-3-5-10(6-4-8)11-7-12(15)16-9(2)13(11)14/h3-6,9,11,13H,7H2,1-2H3/t9-,11+,13-/m0/s1. The monoisotopic (exact) mass is 330 g/mol. The first-order valence-corrected chi connectivity index (χ1v) is 6.72. The quantitative estimate of drug-likeness (QED) is 0.449. The molecule has 1 aromatic carbocycles. The van der Waals surface area contributed by atoms with Crippen LogP contribution in [0.3, 0.4) is 0 Å². The molecule has 16 heavy (non-hydrogen) atoms. The Labute approximate surface area is 110 Å². The number of halogens is 1. The molecular weight excluding hydrogens is 315 g/mol. The highest BCUT2D eigenvalue weighted by Crippen LogP contribution is 2.36. The van der Waals surface area contributed by atoms with Crippen molar-refractivity contribution in [2.45, 2.75) is 36.2 Å². The van der Waals surface area contributed by atoms with Gasteiger partial charge in [0.2, 0.25) is 0 Å². The number of cyclic esters (lactones) is 1. The van der Waals surface area contributed by atoms with Gasteiger partial charge in [-0.1, -0.05) is 52.4 Å². The van der Waals surface area contributed by atoms with Crippen LogP contribution < -0.4 is 0 Å². The van der Waals surface area contributed by atoms with Gasteiger partial charge in [0.15, 0.2) is 0 Å². The van der Waals surface area contributed by atoms with E-state index in [2.05, 4.69) is 53.8 Å². The summed E-state index contributed by atoms with van der Waals surface area (Å²) in [5.41, 5.74) is 2.49. The fraction of sp³-hybridized carbons (Fsp3) is 0.462. The molecule has 0 N–H and O–H groups in total. The lowest BCUT2D eigenvalue weighted by atomic mass is 9.88. The Morgan fingerprint density at radius 2 is 1.94 bits per heavy atom. The highest BCUT2D eigenvalue weighted by molar-refractivity contribution is 14.1. The molecule has 0 saturated carbocycles. The van der Waals surface area contributed by atoms with E-state index >= 15 is 0 Å². The fourth-order valence-electron chi connectivity index (χ4n) is 2.06. The van der Waals surface area contributed by atoms with Crippen LogP contribution in [0.1, 0.15) is 30.4 Å². The van der Waals surface area contributed by atoms with Gasteiger partial charge in [-0.05, 0) is 19.4 Å². The molecule has 0 bridgehead atoms. The highest BCUT2D eigenvalue weighted by Gasteiger charge is 2.35. The predicted molar refractivity (Wildman–Crippen MR) is 71.9 cm³/mol. The molecule has 2 rings (SSSR count). The van der Waals surface area contributed by atoms with Gasteiger partial charge in [0.1, 0.15) is 6.10 Å². The summed E-state index contributed by atoms with van der Waals surface area (Å²) in [7, 11) is 0. The van der Waals surface area contributed by atoms with Gasteiger partial charge >= 0.3 is 5.97 Å². The van der Waals surface area contributed by atoms with Crippen LogP contribution in [0.2, 0.25) is 0 Å². The summed E-state index contributed by atoms with van der Waals surface area (Å²) in [4.78, 5) is 11.4. The van der Waals surface area contributed by atoms with Crippen LogP contribution in [0.25, 0.3) is 0 Å². The summed E-state index contributed by atoms with van der Waals surface area (Å²) in [5, 5.41) is 0. The summed E-state index contributed by atoms with van der Waals surface area (Å²) >= 11 is 2.39. The maximum Gasteiger partial charge on any atom is 0.306 e. The molecule has 3 heteroatoms. The second-order valence-corrected chi connectivity index (χ2v) is 5.80. The molecule has 3 atom stereocenters. The van der Waals surface area contributed by atoms with Crippen LogP contribution in [0.4, 0.5) is 0 Å². The van der Waals surface area contributed by atoms with Gasteiger partial charge in [-0.25, -0.2) is 0 Å². The van der Waals surface area contributed by atoms with E-state index in [1.165, 1.54) is 11.1 Å². The molecule has 86 valence electrons. The number of benzene rings is 1. The zero-order valence-electron chi connectivity index (χ0n) is 9.44. The maximum absolute atomic E-state index is 11.4. The van der Waals surface area contributed by atoms with E-state index in [0.29, 0.717) is 10.3 Å². The molecule has 1 fully saturated rings. The summed E-state index contributed by atoms with van der Waals surface area (Å²) in [6.07, 6.45) is 0.509. The number of rotatable bonds is 1. The lowest BCUT2D eigenvalue weighted by Gasteiger charge is -2.32. The Morgan fingerprint density at radius 1 is 1.31 bits per heavy atom. The molecule has 0 amide bonds. The van der Waals surface area contributed by atoms with Crippen molar-refractivity contribution in [3.8, 4) is 0 Å². The van der Waals surface area contributed by atoms with Crippen LogP contribution in [-0.4, -0.2) is 16.0 Å². The van der Waals surface area contributed by atoms with E-state index in [-0.39, 0.29) is 18.0 Å². The van der Waals surface area contributed by atoms with Gasteiger partial charge in [0, 0.05) is 5.92 Å². The molecule has 1 aliphatic rings. The van der Waals surface area contributed by atoms with E-state index in [9.17, 15) is 4.79 Å². The number of carbonyl (C=O) groups is 1. The molecule has 1 heterocycles. The van der Waals surface area contributed by atoms with Crippen LogP contribution in [0.5, 0.6) is 0 Å². The Balaban J connectivity index is 2.25. The lowest BCUT2D eigenvalue weighted by Crippen LogP contribution is -2.36. The molecule has 0 aromatic heterocycles. The first-order chi connectivity index (χ1) is 7.58. The van der Waals surface area contributed by atoms with Crippen LogP contribution >= 0.6 is 22.6 Å². The zero-order valence-corrected chi connectivity index (χ0v) is 11.6. The topological polar surface area (TPSA) is 26.3 Å². The van der Waals surface area contributed by atoms with Crippen molar-refractivity contribution in [2.75, 3.05) is 0 Å². The van der Waals surface area contributed by atoms with Crippen LogP contribution in [-0.2, 0) is 9.53 Å². The molecule has 0 spiro atoms. The van der Waals surface area contributed by atoms with E-state index in [1.54, 1.807) is 0 Å². The fourth-order valence-corrected chi connectivity index (χ4v) is 2.87. The molecule has 1 saturated heterocycles. The van der Waals surface area contributed by atoms with Gasteiger partial charge in [-0.2, -0.15) is 0 Å². The Morgan fingerprint density at radius 3 is 2.56 bits per heavy atom. The van der Waals surface area contributed by atoms with Gasteiger partial charge in [0.25, 0.3) is 0 Å². The average molecular weight is 330 g/mol. The number of aryl methyl sites for hydroxylation is 1. The second kappa shape index (κ2) is 4.73. The van der Waals surface area contributed by atoms with Gasteiger partial charge < -0.3 is 4.74 Å². The van der Waals surface area contributed by atoms with Crippen molar-refractivity contribution >= 4 is 28.6 Å². The third kappa shape index (κ3) is 2.39. The third-order valence-electron chi connectivity index (χ3n) is 3.04. The molecule has 1 aromatic rings. The van der Waals surface area contributed by atoms with Crippen molar-refractivity contribution in [3.63, 3.8) is 0 Å². The first-order valence-electron chi connectivity index (χ1n) is 5.48. The van der Waals surface area contributed by atoms with Gasteiger partial charge in [-0.3, -0.25) is 4.79 Å². The smallest absolute Gasteiger partial charge is 0.306 e. The van der Waals surface area contributed by atoms with Crippen molar-refractivity contribution in [1.82, 2.24) is 0 Å². The van der Waals surface area contributed by atoms with Crippen LogP contribution in [0, 0.1) is 6.92 Å². The largest absolute Gasteiger partial charge is 0.461 e. The minimum atomic E-state index is -0.0778. The minimum Gasteiger partial charge on any atom is -0.461 e. The summed E-state index contributed by atoms with van der Waals surface area (Å²) in [6, 6.07) is 8.45. The Kier molecular flexibility index (Phi) is 3.52. The minimum absolute atomic E-state index is 0.00755. The van der Waals surface area contributed by atoms with E-state index in [1.807, 2.05) is 6.92 Å². The van der Waals surface area contributed by atoms with Crippen molar-refractivity contribution < 1.29 is 9.53 Å². The third-order valence-corrected chi connectivity index (χ3v) is 4.92. The van der Waals surface area contributed by atoms with Crippen molar-refractivity contribution in [3.05, 3.63) is 35.4 Å². The van der Waals surface area contributed by atoms with Crippen molar-refractivity contribution in [1.29, 1.82) is 0 Å². The Hall–Kier alpha value is -0.580. The molecule has 0 radical (unpaired) electrons. The van der Waals surface area contributed by atoms with E-state index in [0.717, 1.165) is 0 Å². The lowest BCUT2D eigenvalue weighted by molar-refractivity contribution is -0.152.